The fourth-order valence-electron chi connectivity index (χ4n) is 1.10. The number of nitro benzene ring substituents is 1. The molecule has 1 rings (SSSR count). The molecule has 0 radical (unpaired) electrons. The molecule has 0 unspecified atom stereocenters. The van der Waals surface area contributed by atoms with Crippen molar-refractivity contribution in [1.29, 1.82) is 0 Å². The number of nitrogens with two attached hydrogens (primary N) is 1. The summed E-state index contributed by atoms with van der Waals surface area (Å²) in [6.45, 7) is 0. The predicted molar refractivity (Wildman–Crippen MR) is 60.4 cm³/mol. The molecule has 4 nitrogen and oxygen atoms in total. The van der Waals surface area contributed by atoms with Crippen LogP contribution in [0.3, 0.4) is 0 Å². The lowest BCUT2D eigenvalue weighted by Gasteiger charge is -1.99. The molecular weight excluding hydrogens is 200 g/mol. The fraction of sp³-hybridized carbons (Fsp3) is 0.111. The predicted octanol–water partition coefficient (Wildman–Crippen LogP) is 2.12. The Morgan fingerprint density at radius 2 is 2.29 bits per heavy atom. The summed E-state index contributed by atoms with van der Waals surface area (Å²) < 4.78 is 0. The van der Waals surface area contributed by atoms with Gasteiger partial charge in [0.1, 0.15) is 5.69 Å². The molecule has 0 aromatic heterocycles. The molecule has 0 saturated carbocycles. The highest BCUT2D eigenvalue weighted by Gasteiger charge is 2.14. The van der Waals surface area contributed by atoms with E-state index < -0.39 is 4.92 Å². The van der Waals surface area contributed by atoms with Crippen molar-refractivity contribution in [2.24, 2.45) is 0 Å². The molecule has 0 spiro atoms. The van der Waals surface area contributed by atoms with Crippen LogP contribution in [0.1, 0.15) is 5.56 Å². The van der Waals surface area contributed by atoms with Crippen LogP contribution in [0.5, 0.6) is 0 Å². The Bertz CT molecular complexity index is 377. The lowest BCUT2D eigenvalue weighted by atomic mass is 10.1. The lowest BCUT2D eigenvalue weighted by Crippen LogP contribution is -1.97. The molecule has 0 heterocycles. The summed E-state index contributed by atoms with van der Waals surface area (Å²) in [7, 11) is 0. The number of nitrogen functional groups attached to an aromatic ring is 1. The van der Waals surface area contributed by atoms with Crippen molar-refractivity contribution >= 4 is 30.1 Å². The summed E-state index contributed by atoms with van der Waals surface area (Å²) in [5.41, 5.74) is 6.13. The summed E-state index contributed by atoms with van der Waals surface area (Å²) >= 11 is 3.97. The van der Waals surface area contributed by atoms with Crippen LogP contribution in [-0.2, 0) is 0 Å². The standard InChI is InChI=1S/C9H10N2O2S/c10-8-5-1-3-7(4-2-6-14)9(8)11(12)13/h1-5,14H,6,10H2. The Kier molecular flexibility index (Phi) is 3.53. The molecule has 74 valence electrons. The first kappa shape index (κ1) is 10.6. The maximum absolute atomic E-state index is 10.7. The van der Waals surface area contributed by atoms with Gasteiger partial charge in [-0.3, -0.25) is 10.1 Å². The Hall–Kier alpha value is -1.49. The number of anilines is 1. The molecule has 1 aromatic carbocycles. The molecule has 0 saturated heterocycles. The van der Waals surface area contributed by atoms with Crippen molar-refractivity contribution in [2.45, 2.75) is 0 Å². The monoisotopic (exact) mass is 210 g/mol. The first-order valence-electron chi connectivity index (χ1n) is 3.97. The molecule has 14 heavy (non-hydrogen) atoms. The second-order valence-electron chi connectivity index (χ2n) is 2.63. The van der Waals surface area contributed by atoms with Gasteiger partial charge >= 0.3 is 0 Å². The minimum Gasteiger partial charge on any atom is -0.393 e. The molecule has 2 N–H and O–H groups in total. The van der Waals surface area contributed by atoms with Crippen LogP contribution in [0.25, 0.3) is 6.08 Å². The van der Waals surface area contributed by atoms with E-state index in [1.165, 1.54) is 6.07 Å². The molecule has 1 aromatic rings. The number of benzene rings is 1. The van der Waals surface area contributed by atoms with E-state index in [1.807, 2.05) is 0 Å². The van der Waals surface area contributed by atoms with Gasteiger partial charge in [0.2, 0.25) is 0 Å². The van der Waals surface area contributed by atoms with Gasteiger partial charge in [0, 0.05) is 5.75 Å². The SMILES string of the molecule is Nc1cccc(C=CCS)c1[N+](=O)[O-]. The van der Waals surface area contributed by atoms with Crippen molar-refractivity contribution in [1.82, 2.24) is 0 Å². The summed E-state index contributed by atoms with van der Waals surface area (Å²) in [6.07, 6.45) is 3.37. The van der Waals surface area contributed by atoms with E-state index in [-0.39, 0.29) is 11.4 Å². The number of thiol groups is 1. The second-order valence-corrected chi connectivity index (χ2v) is 2.99. The first-order valence-corrected chi connectivity index (χ1v) is 4.60. The van der Waals surface area contributed by atoms with E-state index >= 15 is 0 Å². The van der Waals surface area contributed by atoms with Crippen LogP contribution >= 0.6 is 12.6 Å². The number of hydrogen-bond donors (Lipinski definition) is 2. The Morgan fingerprint density at radius 1 is 1.57 bits per heavy atom. The van der Waals surface area contributed by atoms with Gasteiger partial charge in [0.15, 0.2) is 0 Å². The number of rotatable bonds is 3. The van der Waals surface area contributed by atoms with Crippen molar-refractivity contribution in [2.75, 3.05) is 11.5 Å². The van der Waals surface area contributed by atoms with Crippen LogP contribution in [-0.4, -0.2) is 10.7 Å². The number of nitro groups is 1. The van der Waals surface area contributed by atoms with Crippen LogP contribution in [0.2, 0.25) is 0 Å². The third-order valence-corrected chi connectivity index (χ3v) is 1.89. The van der Waals surface area contributed by atoms with Gasteiger partial charge in [-0.1, -0.05) is 18.2 Å². The molecule has 0 aliphatic carbocycles. The molecule has 0 amide bonds. The summed E-state index contributed by atoms with van der Waals surface area (Å²) in [4.78, 5) is 10.2. The molecule has 0 atom stereocenters. The van der Waals surface area contributed by atoms with Gasteiger partial charge in [-0.05, 0) is 12.1 Å². The molecule has 5 heteroatoms. The van der Waals surface area contributed by atoms with Crippen molar-refractivity contribution < 1.29 is 4.92 Å². The lowest BCUT2D eigenvalue weighted by molar-refractivity contribution is -0.384. The third kappa shape index (κ3) is 2.26. The third-order valence-electron chi connectivity index (χ3n) is 1.68. The summed E-state index contributed by atoms with van der Waals surface area (Å²) in [5, 5.41) is 10.7. The van der Waals surface area contributed by atoms with Crippen molar-refractivity contribution in [3.63, 3.8) is 0 Å². The average Bonchev–Trinajstić information content (AvgIpc) is 2.14. The Balaban J connectivity index is 3.21. The minimum atomic E-state index is -0.479. The molecule has 0 fully saturated rings. The molecule has 0 bridgehead atoms. The van der Waals surface area contributed by atoms with Gasteiger partial charge < -0.3 is 5.73 Å². The maximum atomic E-state index is 10.7. The zero-order valence-corrected chi connectivity index (χ0v) is 8.28. The van der Waals surface area contributed by atoms with E-state index in [9.17, 15) is 10.1 Å². The van der Waals surface area contributed by atoms with Crippen LogP contribution in [0, 0.1) is 10.1 Å². The zero-order valence-electron chi connectivity index (χ0n) is 7.38. The highest BCUT2D eigenvalue weighted by atomic mass is 32.1. The highest BCUT2D eigenvalue weighted by Crippen LogP contribution is 2.26. The minimum absolute atomic E-state index is 0.0504. The van der Waals surface area contributed by atoms with Gasteiger partial charge in [0.25, 0.3) is 5.69 Å². The number of para-hydroxylation sites is 1. The number of hydrogen-bond acceptors (Lipinski definition) is 4. The van der Waals surface area contributed by atoms with Crippen LogP contribution < -0.4 is 5.73 Å². The second kappa shape index (κ2) is 4.66. The topological polar surface area (TPSA) is 69.2 Å². The largest absolute Gasteiger partial charge is 0.393 e. The maximum Gasteiger partial charge on any atom is 0.299 e. The normalized spacial score (nSPS) is 10.6. The van der Waals surface area contributed by atoms with Crippen molar-refractivity contribution in [3.05, 3.63) is 40.0 Å². The number of nitrogens with zero attached hydrogens (tertiary/aromatic N) is 1. The zero-order chi connectivity index (χ0) is 10.6. The van der Waals surface area contributed by atoms with Gasteiger partial charge in [0.05, 0.1) is 10.5 Å². The molecule has 0 aliphatic heterocycles. The van der Waals surface area contributed by atoms with Crippen molar-refractivity contribution in [3.8, 4) is 0 Å². The smallest absolute Gasteiger partial charge is 0.299 e. The van der Waals surface area contributed by atoms with Gasteiger partial charge in [-0.15, -0.1) is 0 Å². The Morgan fingerprint density at radius 3 is 2.86 bits per heavy atom. The molecular formula is C9H10N2O2S. The summed E-state index contributed by atoms with van der Waals surface area (Å²) in [6, 6.07) is 4.84. The van der Waals surface area contributed by atoms with E-state index in [1.54, 1.807) is 24.3 Å². The first-order chi connectivity index (χ1) is 6.66. The molecule has 0 aliphatic rings. The van der Waals surface area contributed by atoms with E-state index in [0.29, 0.717) is 11.3 Å². The van der Waals surface area contributed by atoms with E-state index in [0.717, 1.165) is 0 Å². The van der Waals surface area contributed by atoms with E-state index in [2.05, 4.69) is 12.6 Å². The van der Waals surface area contributed by atoms with Crippen LogP contribution in [0.4, 0.5) is 11.4 Å². The average molecular weight is 210 g/mol. The van der Waals surface area contributed by atoms with Crippen LogP contribution in [0.15, 0.2) is 24.3 Å². The quantitative estimate of drug-likeness (QED) is 0.347. The summed E-state index contributed by atoms with van der Waals surface area (Å²) in [5.74, 6) is 0.534. The fourth-order valence-corrected chi connectivity index (χ4v) is 1.21. The van der Waals surface area contributed by atoms with E-state index in [4.69, 9.17) is 5.73 Å². The van der Waals surface area contributed by atoms with Gasteiger partial charge in [-0.25, -0.2) is 0 Å². The highest BCUT2D eigenvalue weighted by molar-refractivity contribution is 7.80. The Labute approximate surface area is 87.0 Å². The van der Waals surface area contributed by atoms with Gasteiger partial charge in [-0.2, -0.15) is 12.6 Å².